The molecule has 1 N–H and O–H groups in total. The maximum atomic E-state index is 12.8. The van der Waals surface area contributed by atoms with Gasteiger partial charge in [-0.1, -0.05) is 0 Å². The van der Waals surface area contributed by atoms with Crippen molar-refractivity contribution in [2.45, 2.75) is 43.4 Å². The zero-order valence-electron chi connectivity index (χ0n) is 13.1. The number of hydrogen-bond donors (Lipinski definition) is 1. The van der Waals surface area contributed by atoms with Gasteiger partial charge in [0.2, 0.25) is 0 Å². The Kier molecular flexibility index (Phi) is 3.23. The number of nitrogens with zero attached hydrogens (tertiary/aromatic N) is 4. The molecule has 120 valence electrons. The zero-order valence-corrected chi connectivity index (χ0v) is 13.1. The summed E-state index contributed by atoms with van der Waals surface area (Å²) in [6.07, 6.45) is 8.01. The van der Waals surface area contributed by atoms with Crippen LogP contribution < -0.4 is 0 Å². The van der Waals surface area contributed by atoms with E-state index >= 15 is 0 Å². The third-order valence-corrected chi connectivity index (χ3v) is 5.21. The number of rotatable bonds is 2. The fraction of sp³-hybridized carbons (Fsp3) is 0.471. The van der Waals surface area contributed by atoms with Crippen molar-refractivity contribution in [2.24, 2.45) is 7.05 Å². The second kappa shape index (κ2) is 5.16. The van der Waals surface area contributed by atoms with Crippen LogP contribution in [0.1, 0.15) is 41.7 Å². The molecule has 2 aliphatic heterocycles. The quantitative estimate of drug-likeness (QED) is 0.911. The topological polar surface area (TPSA) is 71.2 Å². The number of hydrogen-bond acceptors (Lipinski definition) is 4. The molecule has 2 atom stereocenters. The molecule has 0 unspecified atom stereocenters. The first kappa shape index (κ1) is 14.4. The van der Waals surface area contributed by atoms with Crippen molar-refractivity contribution in [3.8, 4) is 0 Å². The fourth-order valence-corrected chi connectivity index (χ4v) is 4.23. The number of fused-ring (bicyclic) bond motifs is 2. The molecule has 6 nitrogen and oxygen atoms in total. The van der Waals surface area contributed by atoms with Crippen molar-refractivity contribution in [3.05, 3.63) is 48.0 Å². The number of piperidine rings is 1. The predicted molar refractivity (Wildman–Crippen MR) is 83.6 cm³/mol. The number of aryl methyl sites for hydroxylation is 1. The van der Waals surface area contributed by atoms with Gasteiger partial charge < -0.3 is 10.0 Å². The smallest absolute Gasteiger partial charge is 0.255 e. The summed E-state index contributed by atoms with van der Waals surface area (Å²) in [5.41, 5.74) is 0.557. The third-order valence-electron chi connectivity index (χ3n) is 5.21. The molecule has 0 aliphatic carbocycles. The molecule has 2 saturated heterocycles. The standard InChI is InChI=1S/C17H20N4O2/c1-20-15(6-8-19-20)17(23)9-13-4-5-14(10-17)21(13)16(22)12-3-2-7-18-11-12/h2-3,6-8,11,13-14,23H,4-5,9-10H2,1H3/t13-,14-/m0/s1. The molecule has 2 fully saturated rings. The molecule has 23 heavy (non-hydrogen) atoms. The van der Waals surface area contributed by atoms with Crippen LogP contribution in [0.3, 0.4) is 0 Å². The van der Waals surface area contributed by atoms with Gasteiger partial charge in [0.1, 0.15) is 5.60 Å². The molecule has 6 heteroatoms. The second-order valence-corrected chi connectivity index (χ2v) is 6.62. The Morgan fingerprint density at radius 3 is 2.57 bits per heavy atom. The molecule has 2 aromatic heterocycles. The van der Waals surface area contributed by atoms with Crippen LogP contribution in [-0.4, -0.2) is 42.8 Å². The van der Waals surface area contributed by atoms with Crippen LogP contribution in [0.2, 0.25) is 0 Å². The Bertz CT molecular complexity index is 713. The summed E-state index contributed by atoms with van der Waals surface area (Å²) in [6.45, 7) is 0. The lowest BCUT2D eigenvalue weighted by atomic mass is 9.83. The van der Waals surface area contributed by atoms with E-state index in [1.165, 1.54) is 0 Å². The van der Waals surface area contributed by atoms with Crippen molar-refractivity contribution in [1.29, 1.82) is 0 Å². The van der Waals surface area contributed by atoms with Crippen LogP contribution in [0.4, 0.5) is 0 Å². The van der Waals surface area contributed by atoms with Crippen LogP contribution in [0, 0.1) is 0 Å². The summed E-state index contributed by atoms with van der Waals surface area (Å²) < 4.78 is 1.73. The molecular formula is C17H20N4O2. The Balaban J connectivity index is 1.62. The largest absolute Gasteiger partial charge is 0.383 e. The number of carbonyl (C=O) groups excluding carboxylic acids is 1. The first-order valence-corrected chi connectivity index (χ1v) is 8.02. The molecule has 0 radical (unpaired) electrons. The minimum atomic E-state index is -0.900. The van der Waals surface area contributed by atoms with Gasteiger partial charge in [0.05, 0.1) is 11.3 Å². The van der Waals surface area contributed by atoms with E-state index in [0.29, 0.717) is 18.4 Å². The van der Waals surface area contributed by atoms with Gasteiger partial charge in [-0.05, 0) is 31.0 Å². The van der Waals surface area contributed by atoms with Gasteiger partial charge in [0.25, 0.3) is 5.91 Å². The molecule has 2 aliphatic rings. The van der Waals surface area contributed by atoms with E-state index < -0.39 is 5.60 Å². The minimum absolute atomic E-state index is 0.0256. The first-order valence-electron chi connectivity index (χ1n) is 8.02. The first-order chi connectivity index (χ1) is 11.1. The number of aromatic nitrogens is 3. The number of aliphatic hydroxyl groups is 1. The SMILES string of the molecule is Cn1nccc1C1(O)C[C@@H]2CC[C@@H](C1)N2C(=O)c1cccnc1. The van der Waals surface area contributed by atoms with Crippen molar-refractivity contribution < 1.29 is 9.90 Å². The summed E-state index contributed by atoms with van der Waals surface area (Å²) in [5.74, 6) is 0.0256. The van der Waals surface area contributed by atoms with Crippen LogP contribution in [0.25, 0.3) is 0 Å². The second-order valence-electron chi connectivity index (χ2n) is 6.62. The summed E-state index contributed by atoms with van der Waals surface area (Å²) in [5, 5.41) is 15.3. The van der Waals surface area contributed by atoms with Gasteiger partial charge in [-0.15, -0.1) is 0 Å². The van der Waals surface area contributed by atoms with Gasteiger partial charge in [-0.2, -0.15) is 5.10 Å². The van der Waals surface area contributed by atoms with E-state index in [9.17, 15) is 9.90 Å². The molecule has 2 bridgehead atoms. The highest BCUT2D eigenvalue weighted by Gasteiger charge is 2.51. The predicted octanol–water partition coefficient (Wildman–Crippen LogP) is 1.47. The fourth-order valence-electron chi connectivity index (χ4n) is 4.23. The summed E-state index contributed by atoms with van der Waals surface area (Å²) in [7, 11) is 1.85. The highest BCUT2D eigenvalue weighted by molar-refractivity contribution is 5.94. The minimum Gasteiger partial charge on any atom is -0.383 e. The Hall–Kier alpha value is -2.21. The molecule has 2 aromatic rings. The molecule has 0 aromatic carbocycles. The molecule has 0 spiro atoms. The monoisotopic (exact) mass is 312 g/mol. The average molecular weight is 312 g/mol. The summed E-state index contributed by atoms with van der Waals surface area (Å²) in [6, 6.07) is 5.60. The van der Waals surface area contributed by atoms with E-state index in [-0.39, 0.29) is 18.0 Å². The van der Waals surface area contributed by atoms with E-state index in [1.54, 1.807) is 35.4 Å². The van der Waals surface area contributed by atoms with Crippen LogP contribution in [0.15, 0.2) is 36.8 Å². The number of pyridine rings is 1. The highest BCUT2D eigenvalue weighted by Crippen LogP contribution is 2.45. The van der Waals surface area contributed by atoms with E-state index in [4.69, 9.17) is 0 Å². The van der Waals surface area contributed by atoms with Crippen molar-refractivity contribution in [1.82, 2.24) is 19.7 Å². The van der Waals surface area contributed by atoms with Gasteiger partial charge in [-0.3, -0.25) is 14.5 Å². The maximum Gasteiger partial charge on any atom is 0.255 e. The molecule has 4 heterocycles. The van der Waals surface area contributed by atoms with Gasteiger partial charge in [0, 0.05) is 50.6 Å². The lowest BCUT2D eigenvalue weighted by Gasteiger charge is -2.43. The maximum absolute atomic E-state index is 12.8. The zero-order chi connectivity index (χ0) is 16.0. The van der Waals surface area contributed by atoms with Gasteiger partial charge in [0.15, 0.2) is 0 Å². The lowest BCUT2D eigenvalue weighted by Crippen LogP contribution is -2.52. The van der Waals surface area contributed by atoms with Crippen molar-refractivity contribution >= 4 is 5.91 Å². The number of carbonyl (C=O) groups is 1. The van der Waals surface area contributed by atoms with E-state index in [0.717, 1.165) is 18.5 Å². The van der Waals surface area contributed by atoms with Crippen molar-refractivity contribution in [2.75, 3.05) is 0 Å². The Morgan fingerprint density at radius 2 is 2.00 bits per heavy atom. The lowest BCUT2D eigenvalue weighted by molar-refractivity contribution is -0.0530. The molecular weight excluding hydrogens is 292 g/mol. The summed E-state index contributed by atoms with van der Waals surface area (Å²) >= 11 is 0. The van der Waals surface area contributed by atoms with Crippen LogP contribution >= 0.6 is 0 Å². The van der Waals surface area contributed by atoms with Crippen LogP contribution in [-0.2, 0) is 12.6 Å². The third kappa shape index (κ3) is 2.25. The average Bonchev–Trinajstić information content (AvgIpc) is 3.10. The van der Waals surface area contributed by atoms with Gasteiger partial charge >= 0.3 is 0 Å². The van der Waals surface area contributed by atoms with Crippen LogP contribution in [0.5, 0.6) is 0 Å². The van der Waals surface area contributed by atoms with Crippen molar-refractivity contribution in [3.63, 3.8) is 0 Å². The van der Waals surface area contributed by atoms with E-state index in [1.807, 2.05) is 18.0 Å². The molecule has 1 amide bonds. The normalized spacial score (nSPS) is 29.7. The van der Waals surface area contributed by atoms with E-state index in [2.05, 4.69) is 10.1 Å². The number of amides is 1. The molecule has 4 rings (SSSR count). The van der Waals surface area contributed by atoms with Gasteiger partial charge in [-0.25, -0.2) is 0 Å². The Morgan fingerprint density at radius 1 is 1.26 bits per heavy atom. The Labute approximate surface area is 134 Å². The highest BCUT2D eigenvalue weighted by atomic mass is 16.3. The molecule has 0 saturated carbocycles. The summed E-state index contributed by atoms with van der Waals surface area (Å²) in [4.78, 5) is 18.8.